The average molecular weight is 394 g/mol. The van der Waals surface area contributed by atoms with Gasteiger partial charge in [-0.3, -0.25) is 4.79 Å². The number of anilines is 2. The maximum absolute atomic E-state index is 12.3. The van der Waals surface area contributed by atoms with Gasteiger partial charge in [-0.05, 0) is 18.2 Å². The van der Waals surface area contributed by atoms with Crippen molar-refractivity contribution >= 4 is 22.5 Å². The van der Waals surface area contributed by atoms with E-state index in [9.17, 15) is 4.79 Å². The van der Waals surface area contributed by atoms with E-state index in [1.165, 1.54) is 4.68 Å². The summed E-state index contributed by atoms with van der Waals surface area (Å²) in [6.45, 7) is 0. The molecule has 146 valence electrons. The maximum atomic E-state index is 12.3. The van der Waals surface area contributed by atoms with E-state index in [-0.39, 0.29) is 5.56 Å². The molecule has 2 aromatic heterocycles. The van der Waals surface area contributed by atoms with Crippen LogP contribution >= 0.6 is 0 Å². The van der Waals surface area contributed by atoms with Gasteiger partial charge in [0.2, 0.25) is 0 Å². The molecule has 0 atom stereocenters. The maximum Gasteiger partial charge on any atom is 0.299 e. The van der Waals surface area contributed by atoms with Gasteiger partial charge >= 0.3 is 0 Å². The standard InChI is InChI=1S/C24H18N4O2/c1-28-23(29)20-10-6-5-9-19(20)22(27-28)17-11-13-18(14-12-17)26-24-25-15-21(30-24)16-7-3-2-4-8-16/h2-15H,1H3,(H,25,26). The molecule has 1 N–H and O–H groups in total. The first-order valence-electron chi connectivity index (χ1n) is 9.54. The summed E-state index contributed by atoms with van der Waals surface area (Å²) in [4.78, 5) is 16.6. The second kappa shape index (κ2) is 7.33. The van der Waals surface area contributed by atoms with Crippen LogP contribution < -0.4 is 10.9 Å². The summed E-state index contributed by atoms with van der Waals surface area (Å²) in [5, 5.41) is 9.14. The first-order valence-corrected chi connectivity index (χ1v) is 9.54. The van der Waals surface area contributed by atoms with Crippen molar-refractivity contribution in [2.75, 3.05) is 5.32 Å². The SMILES string of the molecule is Cn1nc(-c2ccc(Nc3ncc(-c4ccccc4)o3)cc2)c2ccccc2c1=O. The lowest BCUT2D eigenvalue weighted by molar-refractivity contribution is 0.592. The summed E-state index contributed by atoms with van der Waals surface area (Å²) in [5.41, 5.74) is 3.40. The van der Waals surface area contributed by atoms with Gasteiger partial charge in [0.25, 0.3) is 11.6 Å². The largest absolute Gasteiger partial charge is 0.423 e. The molecule has 0 bridgehead atoms. The smallest absolute Gasteiger partial charge is 0.299 e. The Morgan fingerprint density at radius 1 is 0.833 bits per heavy atom. The topological polar surface area (TPSA) is 73.0 Å². The highest BCUT2D eigenvalue weighted by Crippen LogP contribution is 2.28. The highest BCUT2D eigenvalue weighted by atomic mass is 16.4. The Morgan fingerprint density at radius 3 is 2.30 bits per heavy atom. The van der Waals surface area contributed by atoms with Crippen molar-refractivity contribution in [3.05, 3.63) is 95.4 Å². The summed E-state index contributed by atoms with van der Waals surface area (Å²) in [7, 11) is 1.67. The van der Waals surface area contributed by atoms with Gasteiger partial charge < -0.3 is 9.73 Å². The number of aryl methyl sites for hydroxylation is 1. The minimum atomic E-state index is -0.106. The third kappa shape index (κ3) is 3.24. The number of benzene rings is 3. The number of nitrogens with one attached hydrogen (secondary N) is 1. The number of aromatic nitrogens is 3. The van der Waals surface area contributed by atoms with Crippen LogP contribution in [0.2, 0.25) is 0 Å². The fraction of sp³-hybridized carbons (Fsp3) is 0.0417. The first-order chi connectivity index (χ1) is 14.7. The molecule has 5 rings (SSSR count). The molecule has 0 fully saturated rings. The van der Waals surface area contributed by atoms with Crippen molar-refractivity contribution < 1.29 is 4.42 Å². The van der Waals surface area contributed by atoms with E-state index >= 15 is 0 Å². The van der Waals surface area contributed by atoms with E-state index in [4.69, 9.17) is 4.42 Å². The van der Waals surface area contributed by atoms with Crippen LogP contribution in [-0.4, -0.2) is 14.8 Å². The molecule has 0 radical (unpaired) electrons. The summed E-state index contributed by atoms with van der Waals surface area (Å²) >= 11 is 0. The van der Waals surface area contributed by atoms with Crippen LogP contribution in [0.25, 0.3) is 33.4 Å². The minimum absolute atomic E-state index is 0.106. The lowest BCUT2D eigenvalue weighted by Crippen LogP contribution is -2.20. The predicted octanol–water partition coefficient (Wildman–Crippen LogP) is 5.00. The molecule has 0 saturated carbocycles. The van der Waals surface area contributed by atoms with Gasteiger partial charge in [-0.2, -0.15) is 5.10 Å². The summed E-state index contributed by atoms with van der Waals surface area (Å²) in [6.07, 6.45) is 1.70. The second-order valence-electron chi connectivity index (χ2n) is 6.92. The molecule has 0 aliphatic carbocycles. The molecule has 0 aliphatic heterocycles. The molecule has 0 aliphatic rings. The summed E-state index contributed by atoms with van der Waals surface area (Å²) in [5.74, 6) is 0.704. The Morgan fingerprint density at radius 2 is 1.53 bits per heavy atom. The number of rotatable bonds is 4. The van der Waals surface area contributed by atoms with E-state index in [2.05, 4.69) is 15.4 Å². The second-order valence-corrected chi connectivity index (χ2v) is 6.92. The normalized spacial score (nSPS) is 11.0. The lowest BCUT2D eigenvalue weighted by Gasteiger charge is -2.09. The molecule has 6 nitrogen and oxygen atoms in total. The summed E-state index contributed by atoms with van der Waals surface area (Å²) < 4.78 is 7.18. The van der Waals surface area contributed by atoms with Gasteiger partial charge in [0.15, 0.2) is 5.76 Å². The molecular weight excluding hydrogens is 376 g/mol. The van der Waals surface area contributed by atoms with E-state index in [1.807, 2.05) is 78.9 Å². The number of nitrogens with zero attached hydrogens (tertiary/aromatic N) is 3. The van der Waals surface area contributed by atoms with E-state index in [0.717, 1.165) is 27.9 Å². The molecule has 0 amide bonds. The summed E-state index contributed by atoms with van der Waals surface area (Å²) in [6, 6.07) is 25.6. The first kappa shape index (κ1) is 17.9. The molecule has 0 spiro atoms. The predicted molar refractivity (Wildman–Crippen MR) is 118 cm³/mol. The van der Waals surface area contributed by atoms with Crippen LogP contribution in [-0.2, 0) is 7.05 Å². The monoisotopic (exact) mass is 394 g/mol. The molecule has 3 aromatic carbocycles. The van der Waals surface area contributed by atoms with Crippen LogP contribution in [0.4, 0.5) is 11.7 Å². The number of fused-ring (bicyclic) bond motifs is 1. The average Bonchev–Trinajstić information content (AvgIpc) is 3.26. The van der Waals surface area contributed by atoms with Crippen molar-refractivity contribution in [3.8, 4) is 22.6 Å². The van der Waals surface area contributed by atoms with Gasteiger partial charge in [-0.1, -0.05) is 60.7 Å². The molecule has 0 unspecified atom stereocenters. The van der Waals surface area contributed by atoms with Gasteiger partial charge in [-0.15, -0.1) is 0 Å². The lowest BCUT2D eigenvalue weighted by atomic mass is 10.0. The molecule has 6 heteroatoms. The Labute approximate surface area is 172 Å². The van der Waals surface area contributed by atoms with Crippen LogP contribution in [0, 0.1) is 0 Å². The van der Waals surface area contributed by atoms with Gasteiger partial charge in [0, 0.05) is 29.2 Å². The Bertz CT molecular complexity index is 1390. The van der Waals surface area contributed by atoms with Crippen molar-refractivity contribution in [2.45, 2.75) is 0 Å². The molecular formula is C24H18N4O2. The quantitative estimate of drug-likeness (QED) is 0.464. The van der Waals surface area contributed by atoms with Gasteiger partial charge in [0.1, 0.15) is 0 Å². The Hall–Kier alpha value is -4.19. The highest BCUT2D eigenvalue weighted by Gasteiger charge is 2.11. The highest BCUT2D eigenvalue weighted by molar-refractivity contribution is 5.93. The number of oxazole rings is 1. The minimum Gasteiger partial charge on any atom is -0.423 e. The molecule has 0 saturated heterocycles. The number of hydrogen-bond donors (Lipinski definition) is 1. The van der Waals surface area contributed by atoms with Crippen LogP contribution in [0.5, 0.6) is 0 Å². The van der Waals surface area contributed by atoms with Crippen LogP contribution in [0.1, 0.15) is 0 Å². The zero-order valence-electron chi connectivity index (χ0n) is 16.2. The Balaban J connectivity index is 1.43. The zero-order valence-corrected chi connectivity index (χ0v) is 16.2. The number of hydrogen-bond acceptors (Lipinski definition) is 5. The van der Waals surface area contributed by atoms with E-state index < -0.39 is 0 Å². The van der Waals surface area contributed by atoms with Gasteiger partial charge in [0.05, 0.1) is 17.3 Å². The van der Waals surface area contributed by atoms with E-state index in [0.29, 0.717) is 17.2 Å². The van der Waals surface area contributed by atoms with Crippen LogP contribution in [0.15, 0.2) is 94.3 Å². The Kier molecular flexibility index (Phi) is 4.37. The fourth-order valence-electron chi connectivity index (χ4n) is 3.42. The van der Waals surface area contributed by atoms with Crippen molar-refractivity contribution in [2.24, 2.45) is 7.05 Å². The van der Waals surface area contributed by atoms with Crippen molar-refractivity contribution in [1.29, 1.82) is 0 Å². The van der Waals surface area contributed by atoms with Crippen molar-refractivity contribution in [1.82, 2.24) is 14.8 Å². The molecule has 30 heavy (non-hydrogen) atoms. The third-order valence-electron chi connectivity index (χ3n) is 4.93. The van der Waals surface area contributed by atoms with E-state index in [1.54, 1.807) is 13.2 Å². The molecule has 5 aromatic rings. The zero-order chi connectivity index (χ0) is 20.5. The van der Waals surface area contributed by atoms with Gasteiger partial charge in [-0.25, -0.2) is 9.67 Å². The molecule has 2 heterocycles. The van der Waals surface area contributed by atoms with Crippen LogP contribution in [0.3, 0.4) is 0 Å². The fourth-order valence-corrected chi connectivity index (χ4v) is 3.42. The van der Waals surface area contributed by atoms with Crippen molar-refractivity contribution in [3.63, 3.8) is 0 Å². The third-order valence-corrected chi connectivity index (χ3v) is 4.93.